The Balaban J connectivity index is 0.000000150. The van der Waals surface area contributed by atoms with Crippen molar-refractivity contribution >= 4 is 5.78 Å². The molecule has 0 spiro atoms. The molecule has 8 rings (SSSR count). The summed E-state index contributed by atoms with van der Waals surface area (Å²) < 4.78 is 0. The maximum absolute atomic E-state index is 12.7. The molecule has 47 heavy (non-hydrogen) atoms. The Morgan fingerprint density at radius 2 is 1.04 bits per heavy atom. The van der Waals surface area contributed by atoms with Crippen molar-refractivity contribution in [3.8, 4) is 0 Å². The molecule has 0 aromatic rings. The van der Waals surface area contributed by atoms with Crippen LogP contribution in [0.1, 0.15) is 164 Å². The van der Waals surface area contributed by atoms with E-state index in [0.29, 0.717) is 23.0 Å². The molecule has 2 N–H and O–H groups in total. The Morgan fingerprint density at radius 3 is 1.53 bits per heavy atom. The highest BCUT2D eigenvalue weighted by molar-refractivity contribution is 5.87. The van der Waals surface area contributed by atoms with Gasteiger partial charge in [0.1, 0.15) is 5.78 Å². The molecular formula is C44H72O3. The average molecular weight is 649 g/mol. The van der Waals surface area contributed by atoms with E-state index in [-0.39, 0.29) is 11.0 Å². The predicted molar refractivity (Wildman–Crippen MR) is 193 cm³/mol. The zero-order chi connectivity index (χ0) is 33.5. The third kappa shape index (κ3) is 5.78. The van der Waals surface area contributed by atoms with Gasteiger partial charge >= 0.3 is 0 Å². The van der Waals surface area contributed by atoms with Gasteiger partial charge in [-0.05, 0) is 194 Å². The first-order valence-electron chi connectivity index (χ1n) is 20.9. The Hall–Kier alpha value is -0.670. The third-order valence-corrected chi connectivity index (χ3v) is 17.7. The van der Waals surface area contributed by atoms with Crippen LogP contribution in [0, 0.1) is 81.8 Å². The van der Waals surface area contributed by atoms with Crippen molar-refractivity contribution in [1.29, 1.82) is 0 Å². The first-order chi connectivity index (χ1) is 22.2. The smallest absolute Gasteiger partial charge is 0.139 e. The molecule has 0 aliphatic heterocycles. The van der Waals surface area contributed by atoms with Gasteiger partial charge in [-0.3, -0.25) is 4.79 Å². The van der Waals surface area contributed by atoms with Gasteiger partial charge in [0.05, 0.1) is 11.2 Å². The molecule has 8 aliphatic carbocycles. The number of Topliss-reactive ketones (excluding diaryl/α,β-unsaturated/α-hetero) is 1. The van der Waals surface area contributed by atoms with Crippen LogP contribution < -0.4 is 0 Å². The van der Waals surface area contributed by atoms with Crippen molar-refractivity contribution < 1.29 is 15.0 Å². The van der Waals surface area contributed by atoms with E-state index in [1.807, 2.05) is 6.92 Å². The van der Waals surface area contributed by atoms with Crippen molar-refractivity contribution in [3.05, 3.63) is 11.6 Å². The van der Waals surface area contributed by atoms with Crippen LogP contribution in [-0.2, 0) is 4.79 Å². The van der Waals surface area contributed by atoms with Gasteiger partial charge < -0.3 is 10.2 Å². The molecule has 16 atom stereocenters. The van der Waals surface area contributed by atoms with Crippen molar-refractivity contribution in [1.82, 2.24) is 0 Å². The molecule has 3 heteroatoms. The normalized spacial score (nSPS) is 55.9. The number of carbonyl (C=O) groups excluding carboxylic acids is 1. The molecule has 0 aromatic heterocycles. The quantitative estimate of drug-likeness (QED) is 0.293. The van der Waals surface area contributed by atoms with Crippen molar-refractivity contribution in [2.45, 2.75) is 175 Å². The lowest BCUT2D eigenvalue weighted by molar-refractivity contribution is -0.135. The minimum atomic E-state index is -0.424. The predicted octanol–water partition coefficient (Wildman–Crippen LogP) is 10.6. The molecule has 0 unspecified atom stereocenters. The molecular weight excluding hydrogens is 576 g/mol. The fraction of sp³-hybridized carbons (Fsp3) is 0.932. The SMILES string of the molecule is CC=C1C[C@@H](CC)[C@H]2[C@@H]3CC[C@@H]4C[C@](C)(O)CC[C@@H]4[C@H]3CC[C@]12C.CC[C@@H]1CC(=O)[C@@]2(C)CC[C@H]3[C@@H](CC[C@@H]4C[C@](C)(O)CC[C@@H]43)[C@H]12. The number of fused-ring (bicyclic) bond motifs is 10. The number of aliphatic hydroxyl groups is 2. The fourth-order valence-corrected chi connectivity index (χ4v) is 15.6. The number of hydrogen-bond acceptors (Lipinski definition) is 3. The van der Waals surface area contributed by atoms with E-state index >= 15 is 0 Å². The summed E-state index contributed by atoms with van der Waals surface area (Å²) in [6.07, 6.45) is 24.5. The van der Waals surface area contributed by atoms with Crippen molar-refractivity contribution in [2.75, 3.05) is 0 Å². The van der Waals surface area contributed by atoms with Crippen LogP contribution in [0.15, 0.2) is 11.6 Å². The first-order valence-corrected chi connectivity index (χ1v) is 20.9. The second-order valence-electron chi connectivity index (χ2n) is 20.1. The number of hydrogen-bond donors (Lipinski definition) is 2. The molecule has 0 bridgehead atoms. The molecule has 3 nitrogen and oxygen atoms in total. The zero-order valence-electron chi connectivity index (χ0n) is 31.5. The summed E-state index contributed by atoms with van der Waals surface area (Å²) in [5.41, 5.74) is 1.48. The summed E-state index contributed by atoms with van der Waals surface area (Å²) in [4.78, 5) is 12.7. The monoisotopic (exact) mass is 649 g/mol. The average Bonchev–Trinajstić information content (AvgIpc) is 3.48. The number of rotatable bonds is 2. The van der Waals surface area contributed by atoms with E-state index in [1.54, 1.807) is 5.57 Å². The maximum Gasteiger partial charge on any atom is 0.139 e. The topological polar surface area (TPSA) is 57.5 Å². The molecule has 8 saturated carbocycles. The van der Waals surface area contributed by atoms with Gasteiger partial charge in [0.2, 0.25) is 0 Å². The van der Waals surface area contributed by atoms with Crippen molar-refractivity contribution in [3.63, 3.8) is 0 Å². The fourth-order valence-electron chi connectivity index (χ4n) is 15.6. The Kier molecular flexibility index (Phi) is 9.27. The lowest BCUT2D eigenvalue weighted by Gasteiger charge is -2.57. The van der Waals surface area contributed by atoms with Gasteiger partial charge in [-0.25, -0.2) is 0 Å². The van der Waals surface area contributed by atoms with E-state index in [4.69, 9.17) is 0 Å². The van der Waals surface area contributed by atoms with Crippen LogP contribution in [0.25, 0.3) is 0 Å². The van der Waals surface area contributed by atoms with Gasteiger partial charge in [0.25, 0.3) is 0 Å². The van der Waals surface area contributed by atoms with Gasteiger partial charge in [0.15, 0.2) is 0 Å². The summed E-state index contributed by atoms with van der Waals surface area (Å²) in [7, 11) is 0. The van der Waals surface area contributed by atoms with Crippen LogP contribution in [0.5, 0.6) is 0 Å². The second-order valence-corrected chi connectivity index (χ2v) is 20.1. The second kappa shape index (κ2) is 12.5. The highest BCUT2D eigenvalue weighted by Gasteiger charge is 2.61. The molecule has 0 amide bonds. The summed E-state index contributed by atoms with van der Waals surface area (Å²) in [5, 5.41) is 21.0. The Bertz CT molecular complexity index is 1200. The standard InChI is InChI=1S/C23H38O.C21H34O2/c1-5-15-13-17(6-2)23(4)12-10-19-18-9-11-22(3,24)14-16(18)7-8-20(19)21(15)23;1-4-13-11-18(22)21(3)10-8-16-15-7-9-20(2,23)12-14(15)5-6-17(16)19(13)21/h6,15-16,18-21,24H,5,7-14H2,1-4H3;13-17,19,23H,4-12H2,1-3H3/t15-,16-,18+,19-,20-,21+,22-,23-;13-,14-,15+,16-,17-,19+,20-,21-/m11/s1. The van der Waals surface area contributed by atoms with Crippen LogP contribution in [-0.4, -0.2) is 27.2 Å². The lowest BCUT2D eigenvalue weighted by atomic mass is 9.48. The summed E-state index contributed by atoms with van der Waals surface area (Å²) in [6, 6.07) is 0. The van der Waals surface area contributed by atoms with E-state index in [2.05, 4.69) is 47.6 Å². The Morgan fingerprint density at radius 1 is 0.596 bits per heavy atom. The highest BCUT2D eigenvalue weighted by atomic mass is 16.3. The Labute approximate surface area is 288 Å². The molecule has 0 aromatic carbocycles. The van der Waals surface area contributed by atoms with Crippen molar-refractivity contribution in [2.24, 2.45) is 81.8 Å². The molecule has 0 saturated heterocycles. The molecule has 0 radical (unpaired) electrons. The molecule has 266 valence electrons. The van der Waals surface area contributed by atoms with E-state index in [1.165, 1.54) is 77.0 Å². The summed E-state index contributed by atoms with van der Waals surface area (Å²) >= 11 is 0. The van der Waals surface area contributed by atoms with Crippen LogP contribution >= 0.6 is 0 Å². The number of carbonyl (C=O) groups is 1. The van der Waals surface area contributed by atoms with Gasteiger partial charge in [-0.15, -0.1) is 0 Å². The van der Waals surface area contributed by atoms with Gasteiger partial charge in [-0.2, -0.15) is 0 Å². The van der Waals surface area contributed by atoms with Gasteiger partial charge in [-0.1, -0.05) is 52.2 Å². The molecule has 8 aliphatic rings. The van der Waals surface area contributed by atoms with Crippen LogP contribution in [0.2, 0.25) is 0 Å². The minimum absolute atomic E-state index is 0.00512. The van der Waals surface area contributed by atoms with Gasteiger partial charge in [0, 0.05) is 11.8 Å². The summed E-state index contributed by atoms with van der Waals surface area (Å²) in [6.45, 7) is 16.0. The van der Waals surface area contributed by atoms with E-state index in [9.17, 15) is 15.0 Å². The highest BCUT2D eigenvalue weighted by Crippen LogP contribution is 2.67. The minimum Gasteiger partial charge on any atom is -0.390 e. The number of allylic oxidation sites excluding steroid dienone is 2. The van der Waals surface area contributed by atoms with Crippen LogP contribution in [0.4, 0.5) is 0 Å². The van der Waals surface area contributed by atoms with E-state index in [0.717, 1.165) is 97.7 Å². The third-order valence-electron chi connectivity index (χ3n) is 17.7. The largest absolute Gasteiger partial charge is 0.390 e. The molecule has 8 fully saturated rings. The zero-order valence-corrected chi connectivity index (χ0v) is 31.5. The number of ketones is 1. The molecule has 0 heterocycles. The van der Waals surface area contributed by atoms with Crippen LogP contribution in [0.3, 0.4) is 0 Å². The first kappa shape index (κ1) is 34.8. The lowest BCUT2D eigenvalue weighted by Crippen LogP contribution is -2.51. The van der Waals surface area contributed by atoms with E-state index < -0.39 is 5.60 Å². The maximum atomic E-state index is 12.7. The summed E-state index contributed by atoms with van der Waals surface area (Å²) in [5.74, 6) is 10.6.